The molecule has 92 valence electrons. The normalized spacial score (nSPS) is 25.5. The summed E-state index contributed by atoms with van der Waals surface area (Å²) < 4.78 is -0.990. The summed E-state index contributed by atoms with van der Waals surface area (Å²) in [6, 6.07) is 4.84. The smallest absolute Gasteiger partial charge is 0.233 e. The predicted molar refractivity (Wildman–Crippen MR) is 72.3 cm³/mol. The van der Waals surface area contributed by atoms with Crippen LogP contribution in [0.5, 0.6) is 0 Å². The lowest BCUT2D eigenvalue weighted by Crippen LogP contribution is -2.26. The van der Waals surface area contributed by atoms with Crippen molar-refractivity contribution in [2.45, 2.75) is 17.7 Å². The van der Waals surface area contributed by atoms with Crippen molar-refractivity contribution in [2.24, 2.45) is 5.41 Å². The molecule has 1 unspecified atom stereocenters. The monoisotopic (exact) mass is 311 g/mol. The maximum absolute atomic E-state index is 12.0. The molecule has 1 N–H and O–H groups in total. The molecule has 0 heterocycles. The molecule has 1 aliphatic carbocycles. The average Bonchev–Trinajstić information content (AvgIpc) is 2.72. The van der Waals surface area contributed by atoms with Gasteiger partial charge >= 0.3 is 0 Å². The maximum Gasteiger partial charge on any atom is 0.233 e. The summed E-state index contributed by atoms with van der Waals surface area (Å²) in [6.45, 7) is 1.71. The standard InChI is InChI=1S/C11H9Cl4NO/c1-10(5-11(10,14)15)9(17)16-8-3-2-6(12)4-7(8)13/h2-4H,5H2,1H3,(H,16,17). The fraction of sp³-hybridized carbons (Fsp3) is 0.364. The van der Waals surface area contributed by atoms with Gasteiger partial charge in [0, 0.05) is 5.02 Å². The number of carbonyl (C=O) groups is 1. The predicted octanol–water partition coefficient (Wildman–Crippen LogP) is 4.52. The van der Waals surface area contributed by atoms with Crippen LogP contribution in [0.2, 0.25) is 10.0 Å². The Morgan fingerprint density at radius 1 is 1.35 bits per heavy atom. The maximum atomic E-state index is 12.0. The molecule has 1 amide bonds. The molecule has 0 saturated heterocycles. The zero-order valence-corrected chi connectivity index (χ0v) is 11.9. The molecular weight excluding hydrogens is 304 g/mol. The van der Waals surface area contributed by atoms with Gasteiger partial charge in [0.15, 0.2) is 0 Å². The highest BCUT2D eigenvalue weighted by molar-refractivity contribution is 6.53. The van der Waals surface area contributed by atoms with E-state index in [1.54, 1.807) is 25.1 Å². The molecule has 1 aliphatic rings. The van der Waals surface area contributed by atoms with Crippen molar-refractivity contribution in [1.82, 2.24) is 0 Å². The van der Waals surface area contributed by atoms with E-state index in [0.29, 0.717) is 22.2 Å². The minimum Gasteiger partial charge on any atom is -0.324 e. The molecule has 6 heteroatoms. The van der Waals surface area contributed by atoms with E-state index in [1.807, 2.05) is 0 Å². The molecule has 1 saturated carbocycles. The van der Waals surface area contributed by atoms with Crippen molar-refractivity contribution >= 4 is 58.0 Å². The number of hydrogen-bond donors (Lipinski definition) is 1. The average molecular weight is 313 g/mol. The Morgan fingerprint density at radius 3 is 2.41 bits per heavy atom. The minimum absolute atomic E-state index is 0.244. The number of benzene rings is 1. The van der Waals surface area contributed by atoms with Crippen LogP contribution in [-0.4, -0.2) is 10.2 Å². The Kier molecular flexibility index (Phi) is 3.28. The number of alkyl halides is 2. The zero-order chi connectivity index (χ0) is 12.8. The highest BCUT2D eigenvalue weighted by Gasteiger charge is 2.67. The summed E-state index contributed by atoms with van der Waals surface area (Å²) in [5.74, 6) is -0.244. The van der Waals surface area contributed by atoms with Gasteiger partial charge in [0.1, 0.15) is 4.33 Å². The van der Waals surface area contributed by atoms with E-state index in [0.717, 1.165) is 0 Å². The van der Waals surface area contributed by atoms with Crippen molar-refractivity contribution in [2.75, 3.05) is 5.32 Å². The number of carbonyl (C=O) groups excluding carboxylic acids is 1. The third-order valence-corrected chi connectivity index (χ3v) is 4.59. The lowest BCUT2D eigenvalue weighted by Gasteiger charge is -2.13. The summed E-state index contributed by atoms with van der Waals surface area (Å²) >= 11 is 23.6. The fourth-order valence-electron chi connectivity index (χ4n) is 1.50. The topological polar surface area (TPSA) is 29.1 Å². The molecule has 0 spiro atoms. The van der Waals surface area contributed by atoms with E-state index in [4.69, 9.17) is 46.4 Å². The van der Waals surface area contributed by atoms with Gasteiger partial charge in [-0.1, -0.05) is 23.2 Å². The van der Waals surface area contributed by atoms with E-state index >= 15 is 0 Å². The first-order chi connectivity index (χ1) is 7.76. The number of rotatable bonds is 2. The van der Waals surface area contributed by atoms with Crippen LogP contribution in [0.4, 0.5) is 5.69 Å². The van der Waals surface area contributed by atoms with Crippen molar-refractivity contribution in [3.63, 3.8) is 0 Å². The second-order valence-corrected chi connectivity index (χ2v) is 6.62. The Bertz CT molecular complexity index is 488. The number of anilines is 1. The third kappa shape index (κ3) is 2.37. The van der Waals surface area contributed by atoms with Crippen molar-refractivity contribution in [3.8, 4) is 0 Å². The molecule has 1 atom stereocenters. The van der Waals surface area contributed by atoms with Gasteiger partial charge in [-0.3, -0.25) is 4.79 Å². The van der Waals surface area contributed by atoms with Gasteiger partial charge in [-0.05, 0) is 31.5 Å². The van der Waals surface area contributed by atoms with Gasteiger partial charge in [-0.2, -0.15) is 0 Å². The van der Waals surface area contributed by atoms with Gasteiger partial charge in [-0.25, -0.2) is 0 Å². The van der Waals surface area contributed by atoms with Crippen LogP contribution >= 0.6 is 46.4 Å². The van der Waals surface area contributed by atoms with Crippen LogP contribution in [0.15, 0.2) is 18.2 Å². The van der Waals surface area contributed by atoms with Crippen LogP contribution in [-0.2, 0) is 4.79 Å². The van der Waals surface area contributed by atoms with Crippen LogP contribution < -0.4 is 5.32 Å². The van der Waals surface area contributed by atoms with Gasteiger partial charge in [0.2, 0.25) is 5.91 Å². The number of amides is 1. The molecule has 0 aromatic heterocycles. The second kappa shape index (κ2) is 4.20. The summed E-state index contributed by atoms with van der Waals surface area (Å²) in [5.41, 5.74) is -0.266. The largest absolute Gasteiger partial charge is 0.324 e. The van der Waals surface area contributed by atoms with E-state index in [9.17, 15) is 4.79 Å². The Labute approximate surface area is 119 Å². The molecule has 0 radical (unpaired) electrons. The molecular formula is C11H9Cl4NO. The highest BCUT2D eigenvalue weighted by Crippen LogP contribution is 2.64. The number of halogens is 4. The molecule has 1 fully saturated rings. The van der Waals surface area contributed by atoms with Gasteiger partial charge < -0.3 is 5.32 Å². The summed E-state index contributed by atoms with van der Waals surface area (Å²) in [4.78, 5) is 12.0. The van der Waals surface area contributed by atoms with Crippen molar-refractivity contribution in [1.29, 1.82) is 0 Å². The first-order valence-corrected chi connectivity index (χ1v) is 6.42. The molecule has 17 heavy (non-hydrogen) atoms. The van der Waals surface area contributed by atoms with Crippen molar-refractivity contribution < 1.29 is 4.79 Å². The Balaban J connectivity index is 2.15. The van der Waals surface area contributed by atoms with E-state index in [1.165, 1.54) is 0 Å². The summed E-state index contributed by atoms with van der Waals surface area (Å²) in [6.07, 6.45) is 0.431. The minimum atomic E-state index is -0.990. The van der Waals surface area contributed by atoms with E-state index in [-0.39, 0.29) is 5.91 Å². The van der Waals surface area contributed by atoms with Gasteiger partial charge in [0.05, 0.1) is 16.1 Å². The van der Waals surface area contributed by atoms with Crippen LogP contribution in [0.3, 0.4) is 0 Å². The number of hydrogen-bond acceptors (Lipinski definition) is 1. The Hall–Kier alpha value is -0.150. The first kappa shape index (κ1) is 13.3. The molecule has 2 nitrogen and oxygen atoms in total. The number of nitrogens with one attached hydrogen (secondary N) is 1. The molecule has 1 aromatic rings. The van der Waals surface area contributed by atoms with Crippen molar-refractivity contribution in [3.05, 3.63) is 28.2 Å². The molecule has 1 aromatic carbocycles. The third-order valence-electron chi connectivity index (χ3n) is 2.94. The quantitative estimate of drug-likeness (QED) is 0.799. The molecule has 2 rings (SSSR count). The lowest BCUT2D eigenvalue weighted by molar-refractivity contribution is -0.120. The molecule has 0 bridgehead atoms. The van der Waals surface area contributed by atoms with E-state index in [2.05, 4.69) is 5.32 Å². The fourth-order valence-corrected chi connectivity index (χ4v) is 2.66. The molecule has 0 aliphatic heterocycles. The summed E-state index contributed by atoms with van der Waals surface area (Å²) in [5, 5.41) is 3.59. The second-order valence-electron chi connectivity index (χ2n) is 4.29. The highest BCUT2D eigenvalue weighted by atomic mass is 35.5. The van der Waals surface area contributed by atoms with E-state index < -0.39 is 9.75 Å². The van der Waals surface area contributed by atoms with Gasteiger partial charge in [-0.15, -0.1) is 23.2 Å². The van der Waals surface area contributed by atoms with Crippen LogP contribution in [0.25, 0.3) is 0 Å². The lowest BCUT2D eigenvalue weighted by atomic mass is 10.1. The summed E-state index contributed by atoms with van der Waals surface area (Å²) in [7, 11) is 0. The Morgan fingerprint density at radius 2 is 1.94 bits per heavy atom. The van der Waals surface area contributed by atoms with Crippen LogP contribution in [0.1, 0.15) is 13.3 Å². The SMILES string of the molecule is CC1(C(=O)Nc2ccc(Cl)cc2Cl)CC1(Cl)Cl. The van der Waals surface area contributed by atoms with Gasteiger partial charge in [0.25, 0.3) is 0 Å². The zero-order valence-electron chi connectivity index (χ0n) is 8.86. The van der Waals surface area contributed by atoms with Crippen LogP contribution in [0, 0.1) is 5.41 Å². The first-order valence-electron chi connectivity index (χ1n) is 4.91.